The first kappa shape index (κ1) is 16.2. The normalized spacial score (nSPS) is 28.2. The van der Waals surface area contributed by atoms with E-state index < -0.39 is 23.3 Å². The molecule has 1 heterocycles. The van der Waals surface area contributed by atoms with Crippen molar-refractivity contribution in [3.05, 3.63) is 40.3 Å². The summed E-state index contributed by atoms with van der Waals surface area (Å²) in [5, 5.41) is 11.4. The number of carboxylic acid groups (broad SMARTS) is 1. The smallest absolute Gasteiger partial charge is 0.404 e. The minimum absolute atomic E-state index is 0.0612. The number of ketones is 2. The summed E-state index contributed by atoms with van der Waals surface area (Å²) in [6, 6.07) is 6.97. The van der Waals surface area contributed by atoms with E-state index in [0.29, 0.717) is 53.2 Å². The van der Waals surface area contributed by atoms with E-state index in [0.717, 1.165) is 0 Å². The van der Waals surface area contributed by atoms with E-state index in [1.165, 1.54) is 11.8 Å². The van der Waals surface area contributed by atoms with Crippen molar-refractivity contribution in [3.8, 4) is 0 Å². The Morgan fingerprint density at radius 1 is 1.16 bits per heavy atom. The van der Waals surface area contributed by atoms with Crippen LogP contribution < -0.4 is 5.32 Å². The zero-order chi connectivity index (χ0) is 17.6. The van der Waals surface area contributed by atoms with Crippen LogP contribution in [0.4, 0.5) is 4.79 Å². The molecule has 1 amide bonds. The van der Waals surface area contributed by atoms with Gasteiger partial charge in [-0.05, 0) is 25.7 Å². The number of ether oxygens (including phenoxy) is 1. The number of thioether (sulfide) groups is 1. The van der Waals surface area contributed by atoms with E-state index in [2.05, 4.69) is 5.32 Å². The van der Waals surface area contributed by atoms with Gasteiger partial charge in [-0.15, -0.1) is 11.8 Å². The third-order valence-electron chi connectivity index (χ3n) is 5.06. The quantitative estimate of drug-likeness (QED) is 0.749. The van der Waals surface area contributed by atoms with Crippen molar-refractivity contribution in [2.45, 2.75) is 37.3 Å². The molecule has 1 aromatic rings. The Balaban J connectivity index is 1.61. The number of rotatable bonds is 1. The maximum Gasteiger partial charge on any atom is 0.404 e. The molecular weight excluding hydrogens is 342 g/mol. The molecule has 7 heteroatoms. The number of nitrogens with one attached hydrogen (secondary N) is 1. The molecule has 3 aliphatic rings. The molecule has 0 bridgehead atoms. The Morgan fingerprint density at radius 3 is 2.52 bits per heavy atom. The van der Waals surface area contributed by atoms with Crippen molar-refractivity contribution >= 4 is 35.2 Å². The van der Waals surface area contributed by atoms with Gasteiger partial charge in [0.2, 0.25) is 11.6 Å². The summed E-state index contributed by atoms with van der Waals surface area (Å²) in [5.74, 6) is 0.152. The van der Waals surface area contributed by atoms with Crippen molar-refractivity contribution in [1.29, 1.82) is 0 Å². The Morgan fingerprint density at radius 2 is 1.84 bits per heavy atom. The number of Topliss-reactive ketones (excluding diaryl/α,β-unsaturated/α-hetero) is 2. The maximum absolute atomic E-state index is 12.4. The Kier molecular flexibility index (Phi) is 3.83. The average molecular weight is 359 g/mol. The highest BCUT2D eigenvalue weighted by atomic mass is 32.2. The first-order chi connectivity index (χ1) is 12.0. The van der Waals surface area contributed by atoms with E-state index in [1.807, 2.05) is 12.1 Å². The first-order valence-corrected chi connectivity index (χ1v) is 9.22. The fourth-order valence-corrected chi connectivity index (χ4v) is 4.98. The van der Waals surface area contributed by atoms with Gasteiger partial charge < -0.3 is 15.2 Å². The fourth-order valence-electron chi connectivity index (χ4n) is 3.72. The van der Waals surface area contributed by atoms with Gasteiger partial charge in [-0.25, -0.2) is 4.79 Å². The van der Waals surface area contributed by atoms with E-state index in [9.17, 15) is 14.4 Å². The number of allylic oxidation sites excluding steroid dienone is 1. The standard InChI is InChI=1S/C18H17NO5S/c20-13-11-3-1-2-4-12(11)15-16(14(13)21)25-9-18(24-15)7-5-10(6-8-18)19-17(22)23/h1-4,10,19H,5-9H2,(H,22,23). The molecule has 1 aliphatic heterocycles. The second-order valence-corrected chi connectivity index (χ2v) is 7.65. The average Bonchev–Trinajstić information content (AvgIpc) is 2.61. The molecule has 1 fully saturated rings. The lowest BCUT2D eigenvalue weighted by atomic mass is 9.82. The van der Waals surface area contributed by atoms with Crippen molar-refractivity contribution in [2.75, 3.05) is 5.75 Å². The molecule has 130 valence electrons. The number of amides is 1. The zero-order valence-corrected chi connectivity index (χ0v) is 14.2. The van der Waals surface area contributed by atoms with Gasteiger partial charge >= 0.3 is 6.09 Å². The SMILES string of the molecule is O=C(O)NC1CCC2(CC1)CSC1=C(O2)c2ccccc2C(=O)C1=O. The van der Waals surface area contributed by atoms with Crippen LogP contribution in [0.3, 0.4) is 0 Å². The van der Waals surface area contributed by atoms with Crippen LogP contribution in [0.5, 0.6) is 0 Å². The second-order valence-electron chi connectivity index (χ2n) is 6.66. The molecule has 25 heavy (non-hydrogen) atoms. The molecule has 2 N–H and O–H groups in total. The third kappa shape index (κ3) is 2.72. The zero-order valence-electron chi connectivity index (χ0n) is 13.4. The predicted molar refractivity (Wildman–Crippen MR) is 92.4 cm³/mol. The van der Waals surface area contributed by atoms with Gasteiger partial charge in [0, 0.05) is 22.9 Å². The molecule has 1 aromatic carbocycles. The van der Waals surface area contributed by atoms with Crippen molar-refractivity contribution in [1.82, 2.24) is 5.32 Å². The summed E-state index contributed by atoms with van der Waals surface area (Å²) in [6.07, 6.45) is 1.82. The van der Waals surface area contributed by atoms with Crippen LogP contribution in [0, 0.1) is 0 Å². The highest BCUT2D eigenvalue weighted by Crippen LogP contribution is 2.48. The molecule has 1 spiro atoms. The summed E-state index contributed by atoms with van der Waals surface area (Å²) >= 11 is 1.39. The van der Waals surface area contributed by atoms with Gasteiger partial charge in [0.1, 0.15) is 16.3 Å². The van der Waals surface area contributed by atoms with Crippen LogP contribution in [0.25, 0.3) is 5.76 Å². The van der Waals surface area contributed by atoms with Gasteiger partial charge in [0.05, 0.1) is 0 Å². The Labute approximate surface area is 148 Å². The van der Waals surface area contributed by atoms with E-state index in [-0.39, 0.29) is 6.04 Å². The Bertz CT molecular complexity index is 807. The lowest BCUT2D eigenvalue weighted by molar-refractivity contribution is -0.111. The molecule has 0 radical (unpaired) electrons. The first-order valence-electron chi connectivity index (χ1n) is 8.23. The summed E-state index contributed by atoms with van der Waals surface area (Å²) in [5.41, 5.74) is 0.665. The monoisotopic (exact) mass is 359 g/mol. The summed E-state index contributed by atoms with van der Waals surface area (Å²) < 4.78 is 6.33. The number of carbonyl (C=O) groups is 3. The van der Waals surface area contributed by atoms with Crippen molar-refractivity contribution in [2.24, 2.45) is 0 Å². The Hall–Kier alpha value is -2.28. The van der Waals surface area contributed by atoms with Gasteiger partial charge in [0.25, 0.3) is 0 Å². The van der Waals surface area contributed by atoms with Crippen LogP contribution in [-0.4, -0.2) is 40.2 Å². The summed E-state index contributed by atoms with van der Waals surface area (Å²) in [6.45, 7) is 0. The highest BCUT2D eigenvalue weighted by Gasteiger charge is 2.46. The van der Waals surface area contributed by atoms with Crippen molar-refractivity contribution in [3.63, 3.8) is 0 Å². The summed E-state index contributed by atoms with van der Waals surface area (Å²) in [7, 11) is 0. The van der Waals surface area contributed by atoms with Gasteiger partial charge in [-0.3, -0.25) is 9.59 Å². The molecule has 4 rings (SSSR count). The minimum atomic E-state index is -1.00. The van der Waals surface area contributed by atoms with Crippen molar-refractivity contribution < 1.29 is 24.2 Å². The number of hydrogen-bond acceptors (Lipinski definition) is 5. The molecule has 0 saturated heterocycles. The van der Waals surface area contributed by atoms with Gasteiger partial charge in [0.15, 0.2) is 0 Å². The van der Waals surface area contributed by atoms with Gasteiger partial charge in [-0.2, -0.15) is 0 Å². The molecule has 0 aromatic heterocycles. The van der Waals surface area contributed by atoms with E-state index in [1.54, 1.807) is 12.1 Å². The lowest BCUT2D eigenvalue weighted by Gasteiger charge is -2.44. The van der Waals surface area contributed by atoms with Crippen LogP contribution in [0.1, 0.15) is 41.6 Å². The topological polar surface area (TPSA) is 92.7 Å². The van der Waals surface area contributed by atoms with E-state index >= 15 is 0 Å². The molecule has 1 saturated carbocycles. The van der Waals surface area contributed by atoms with Crippen LogP contribution in [0.2, 0.25) is 0 Å². The molecule has 2 aliphatic carbocycles. The molecule has 0 unspecified atom stereocenters. The molecule has 0 atom stereocenters. The second kappa shape index (κ2) is 5.91. The van der Waals surface area contributed by atoms with Crippen LogP contribution >= 0.6 is 11.8 Å². The number of fused-ring (bicyclic) bond motifs is 2. The van der Waals surface area contributed by atoms with Gasteiger partial charge in [-0.1, -0.05) is 24.3 Å². The summed E-state index contributed by atoms with van der Waals surface area (Å²) in [4.78, 5) is 35.9. The number of hydrogen-bond donors (Lipinski definition) is 2. The highest BCUT2D eigenvalue weighted by molar-refractivity contribution is 8.04. The predicted octanol–water partition coefficient (Wildman–Crippen LogP) is 2.83. The largest absolute Gasteiger partial charge is 0.484 e. The maximum atomic E-state index is 12.4. The fraction of sp³-hybridized carbons (Fsp3) is 0.389. The third-order valence-corrected chi connectivity index (χ3v) is 6.39. The van der Waals surface area contributed by atoms with Crippen LogP contribution in [0.15, 0.2) is 29.2 Å². The lowest BCUT2D eigenvalue weighted by Crippen LogP contribution is -2.47. The number of benzene rings is 1. The minimum Gasteiger partial charge on any atom is -0.484 e. The molecular formula is C18H17NO5S. The van der Waals surface area contributed by atoms with Crippen LogP contribution in [-0.2, 0) is 9.53 Å². The van der Waals surface area contributed by atoms with E-state index in [4.69, 9.17) is 9.84 Å². The molecule has 6 nitrogen and oxygen atoms in total. The number of carbonyl (C=O) groups excluding carboxylic acids is 2.